The van der Waals surface area contributed by atoms with Crippen molar-refractivity contribution in [3.63, 3.8) is 0 Å². The molecule has 0 fully saturated rings. The summed E-state index contributed by atoms with van der Waals surface area (Å²) in [6.45, 7) is 0. The molecule has 2 N–H and O–H groups in total. The lowest BCUT2D eigenvalue weighted by Gasteiger charge is -2.14. The van der Waals surface area contributed by atoms with E-state index in [1.54, 1.807) is 48.5 Å². The van der Waals surface area contributed by atoms with E-state index < -0.39 is 29.0 Å². The van der Waals surface area contributed by atoms with Gasteiger partial charge < -0.3 is 20.1 Å². The van der Waals surface area contributed by atoms with E-state index in [2.05, 4.69) is 10.6 Å². The van der Waals surface area contributed by atoms with Gasteiger partial charge in [0.1, 0.15) is 17.1 Å². The first-order valence-electron chi connectivity index (χ1n) is 9.49. The molecule has 8 heteroatoms. The maximum absolute atomic E-state index is 14.3. The molecular formula is C24H20F2N2O4. The van der Waals surface area contributed by atoms with Gasteiger partial charge in [0.05, 0.1) is 25.6 Å². The highest BCUT2D eigenvalue weighted by Crippen LogP contribution is 2.26. The zero-order chi connectivity index (χ0) is 23.1. The first-order chi connectivity index (χ1) is 15.4. The number of methoxy groups -OCH3 is 2. The van der Waals surface area contributed by atoms with Gasteiger partial charge in [-0.2, -0.15) is 0 Å². The lowest BCUT2D eigenvalue weighted by Crippen LogP contribution is -2.25. The summed E-state index contributed by atoms with van der Waals surface area (Å²) in [7, 11) is 2.86. The summed E-state index contributed by atoms with van der Waals surface area (Å²) in [5, 5.41) is 5.14. The lowest BCUT2D eigenvalue weighted by atomic mass is 10.1. The number of hydrogen-bond donors (Lipinski definition) is 2. The minimum Gasteiger partial charge on any atom is -0.495 e. The predicted octanol–water partition coefficient (Wildman–Crippen LogP) is 4.64. The topological polar surface area (TPSA) is 76.7 Å². The number of hydrogen-bond acceptors (Lipinski definition) is 4. The lowest BCUT2D eigenvalue weighted by molar-refractivity contribution is -0.118. The fourth-order valence-corrected chi connectivity index (χ4v) is 2.90. The molecule has 6 nitrogen and oxygen atoms in total. The van der Waals surface area contributed by atoms with Crippen LogP contribution in [0.3, 0.4) is 0 Å². The fraction of sp³-hybridized carbons (Fsp3) is 0.0833. The second-order valence-electron chi connectivity index (χ2n) is 6.51. The molecule has 2 amide bonds. The van der Waals surface area contributed by atoms with Crippen LogP contribution >= 0.6 is 0 Å². The Morgan fingerprint density at radius 2 is 1.25 bits per heavy atom. The summed E-state index contributed by atoms with van der Waals surface area (Å²) in [6, 6.07) is 16.6. The van der Waals surface area contributed by atoms with Crippen molar-refractivity contribution in [3.05, 3.63) is 89.5 Å². The average Bonchev–Trinajstić information content (AvgIpc) is 2.80. The number of para-hydroxylation sites is 4. The number of rotatable bonds is 7. The molecule has 0 aliphatic rings. The Morgan fingerprint density at radius 1 is 0.750 bits per heavy atom. The zero-order valence-corrected chi connectivity index (χ0v) is 17.3. The molecule has 0 radical (unpaired) electrons. The SMILES string of the molecule is COc1ccccc1NC(=O)C(=Cc1cccc(F)c1F)C(=O)Nc1ccccc1OC. The van der Waals surface area contributed by atoms with Crippen LogP contribution in [0, 0.1) is 11.6 Å². The smallest absolute Gasteiger partial charge is 0.261 e. The number of carbonyl (C=O) groups is 2. The number of ether oxygens (including phenoxy) is 2. The Morgan fingerprint density at radius 3 is 1.75 bits per heavy atom. The van der Waals surface area contributed by atoms with Crippen molar-refractivity contribution in [2.75, 3.05) is 24.9 Å². The maximum Gasteiger partial charge on any atom is 0.261 e. The van der Waals surface area contributed by atoms with Gasteiger partial charge in [-0.3, -0.25) is 9.59 Å². The van der Waals surface area contributed by atoms with Crippen LogP contribution < -0.4 is 20.1 Å². The van der Waals surface area contributed by atoms with Crippen LogP contribution in [0.1, 0.15) is 5.56 Å². The molecule has 3 rings (SSSR count). The quantitative estimate of drug-likeness (QED) is 0.320. The third kappa shape index (κ3) is 5.10. The van der Waals surface area contributed by atoms with Crippen LogP contribution in [0.2, 0.25) is 0 Å². The molecule has 0 aliphatic carbocycles. The molecule has 3 aromatic rings. The second-order valence-corrected chi connectivity index (χ2v) is 6.51. The summed E-state index contributed by atoms with van der Waals surface area (Å²) in [5.74, 6) is -3.24. The first-order valence-corrected chi connectivity index (χ1v) is 9.49. The molecule has 0 spiro atoms. The van der Waals surface area contributed by atoms with Crippen molar-refractivity contribution in [2.45, 2.75) is 0 Å². The van der Waals surface area contributed by atoms with E-state index in [1.807, 2.05) is 0 Å². The Balaban J connectivity index is 2.00. The largest absolute Gasteiger partial charge is 0.495 e. The van der Waals surface area contributed by atoms with Crippen LogP contribution in [0.25, 0.3) is 6.08 Å². The number of halogens is 2. The van der Waals surface area contributed by atoms with E-state index in [0.29, 0.717) is 22.9 Å². The van der Waals surface area contributed by atoms with Crippen molar-refractivity contribution in [2.24, 2.45) is 0 Å². The van der Waals surface area contributed by atoms with Gasteiger partial charge in [-0.15, -0.1) is 0 Å². The Labute approximate surface area is 183 Å². The molecule has 0 saturated heterocycles. The van der Waals surface area contributed by atoms with Gasteiger partial charge in [0, 0.05) is 5.56 Å². The molecule has 0 heterocycles. The van der Waals surface area contributed by atoms with Gasteiger partial charge in [-0.1, -0.05) is 36.4 Å². The van der Waals surface area contributed by atoms with Crippen molar-refractivity contribution in [1.29, 1.82) is 0 Å². The number of nitrogens with one attached hydrogen (secondary N) is 2. The van der Waals surface area contributed by atoms with E-state index in [1.165, 1.54) is 26.4 Å². The first kappa shape index (κ1) is 22.5. The highest BCUT2D eigenvalue weighted by atomic mass is 19.2. The van der Waals surface area contributed by atoms with Crippen LogP contribution in [-0.2, 0) is 9.59 Å². The minimum atomic E-state index is -1.18. The predicted molar refractivity (Wildman–Crippen MR) is 118 cm³/mol. The van der Waals surface area contributed by atoms with Crippen molar-refractivity contribution < 1.29 is 27.8 Å². The molecule has 164 valence electrons. The van der Waals surface area contributed by atoms with Gasteiger partial charge in [-0.25, -0.2) is 8.78 Å². The van der Waals surface area contributed by atoms with Gasteiger partial charge in [0.2, 0.25) is 0 Å². The molecule has 3 aromatic carbocycles. The number of benzene rings is 3. The fourth-order valence-electron chi connectivity index (χ4n) is 2.90. The van der Waals surface area contributed by atoms with Gasteiger partial charge in [-0.05, 0) is 36.4 Å². The van der Waals surface area contributed by atoms with Gasteiger partial charge >= 0.3 is 0 Å². The van der Waals surface area contributed by atoms with E-state index >= 15 is 0 Å². The maximum atomic E-state index is 14.3. The Bertz CT molecular complexity index is 1110. The monoisotopic (exact) mass is 438 g/mol. The van der Waals surface area contributed by atoms with Gasteiger partial charge in [0.25, 0.3) is 11.8 Å². The number of anilines is 2. The highest BCUT2D eigenvalue weighted by Gasteiger charge is 2.22. The second kappa shape index (κ2) is 10.2. The molecule has 0 bridgehead atoms. The van der Waals surface area contributed by atoms with Crippen molar-refractivity contribution in [1.82, 2.24) is 0 Å². The van der Waals surface area contributed by atoms with E-state index in [4.69, 9.17) is 9.47 Å². The third-order valence-electron chi connectivity index (χ3n) is 4.48. The summed E-state index contributed by atoms with van der Waals surface area (Å²) in [5.41, 5.74) is -0.108. The van der Waals surface area contributed by atoms with E-state index in [0.717, 1.165) is 12.1 Å². The average molecular weight is 438 g/mol. The summed E-state index contributed by atoms with van der Waals surface area (Å²) in [4.78, 5) is 26.0. The van der Waals surface area contributed by atoms with Crippen LogP contribution in [0.15, 0.2) is 72.3 Å². The molecule has 0 unspecified atom stereocenters. The summed E-state index contributed by atoms with van der Waals surface area (Å²) >= 11 is 0. The molecule has 0 atom stereocenters. The number of carbonyl (C=O) groups excluding carboxylic acids is 2. The molecule has 0 aliphatic heterocycles. The van der Waals surface area contributed by atoms with Gasteiger partial charge in [0.15, 0.2) is 11.6 Å². The molecule has 0 aromatic heterocycles. The van der Waals surface area contributed by atoms with E-state index in [9.17, 15) is 18.4 Å². The van der Waals surface area contributed by atoms with Crippen LogP contribution in [-0.4, -0.2) is 26.0 Å². The molecule has 0 saturated carbocycles. The molecular weight excluding hydrogens is 418 g/mol. The Hall–Kier alpha value is -4.20. The standard InChI is InChI=1S/C24H20F2N2O4/c1-31-20-12-5-3-10-18(20)27-23(29)16(14-15-8-7-9-17(25)22(15)26)24(30)28-19-11-4-6-13-21(19)32-2/h3-14H,1-2H3,(H,27,29)(H,28,30). The van der Waals surface area contributed by atoms with Crippen LogP contribution in [0.4, 0.5) is 20.2 Å². The van der Waals surface area contributed by atoms with Crippen LogP contribution in [0.5, 0.6) is 11.5 Å². The van der Waals surface area contributed by atoms with Crippen molar-refractivity contribution in [3.8, 4) is 11.5 Å². The highest BCUT2D eigenvalue weighted by molar-refractivity contribution is 6.29. The van der Waals surface area contributed by atoms with Crippen molar-refractivity contribution >= 4 is 29.3 Å². The van der Waals surface area contributed by atoms with E-state index in [-0.39, 0.29) is 5.56 Å². The minimum absolute atomic E-state index is 0.259. The zero-order valence-electron chi connectivity index (χ0n) is 17.3. The summed E-state index contributed by atoms with van der Waals surface area (Å²) in [6.07, 6.45) is 0.980. The molecule has 32 heavy (non-hydrogen) atoms. The summed E-state index contributed by atoms with van der Waals surface area (Å²) < 4.78 is 38.4. The third-order valence-corrected chi connectivity index (χ3v) is 4.48. The number of amides is 2. The Kier molecular flexibility index (Phi) is 7.17. The normalized spacial score (nSPS) is 10.1.